The molecule has 0 N–H and O–H groups in total. The van der Waals surface area contributed by atoms with Gasteiger partial charge in [0.05, 0.1) is 0 Å². The van der Waals surface area contributed by atoms with Crippen molar-refractivity contribution in [1.82, 2.24) is 0 Å². The van der Waals surface area contributed by atoms with Gasteiger partial charge in [-0.05, 0) is 98.7 Å². The van der Waals surface area contributed by atoms with E-state index in [1.165, 1.54) is 77.0 Å². The van der Waals surface area contributed by atoms with Crippen molar-refractivity contribution in [1.29, 1.82) is 0 Å². The van der Waals surface area contributed by atoms with E-state index in [2.05, 4.69) is 53.3 Å². The maximum absolute atomic E-state index is 4.31. The number of hydrogen-bond acceptors (Lipinski definition) is 0. The monoisotopic (exact) mass is 398 g/mol. The van der Waals surface area contributed by atoms with Gasteiger partial charge in [-0.3, -0.25) is 0 Å². The summed E-state index contributed by atoms with van der Waals surface area (Å²) in [5.74, 6) is 6.25. The first-order valence-corrected chi connectivity index (χ1v) is 13.1. The molecule has 2 fully saturated rings. The van der Waals surface area contributed by atoms with Gasteiger partial charge in [0.1, 0.15) is 0 Å². The molecule has 0 spiro atoms. The van der Waals surface area contributed by atoms with Crippen molar-refractivity contribution in [2.45, 2.75) is 112 Å². The van der Waals surface area contributed by atoms with Crippen LogP contribution in [0.1, 0.15) is 112 Å². The molecular formula is C29H50. The van der Waals surface area contributed by atoms with E-state index in [1.807, 2.05) is 0 Å². The minimum Gasteiger partial charge on any atom is -0.103 e. The molecule has 4 unspecified atom stereocenters. The van der Waals surface area contributed by atoms with Crippen LogP contribution in [0.15, 0.2) is 24.3 Å². The van der Waals surface area contributed by atoms with Crippen molar-refractivity contribution in [3.63, 3.8) is 0 Å². The van der Waals surface area contributed by atoms with Gasteiger partial charge >= 0.3 is 0 Å². The van der Waals surface area contributed by atoms with Crippen LogP contribution in [0, 0.1) is 46.8 Å². The van der Waals surface area contributed by atoms with Crippen LogP contribution in [0.5, 0.6) is 0 Å². The standard InChI is InChI=1S/C29H50/c1-7-24(12-8-10-21(2)3)27-16-17-28-26-15-14-23(5)20-22(4)11-9-13-25(26)18-19-29(27,28)6/h7,14,21-22,24-28H,1,8-13,15-20H2,2-6H3/b23-14+/t22?,24-,25?,26?,27-,28?,29-/m1/s1. The van der Waals surface area contributed by atoms with E-state index in [-0.39, 0.29) is 0 Å². The molecule has 0 radical (unpaired) electrons. The number of fused-ring (bicyclic) bond motifs is 3. The van der Waals surface area contributed by atoms with Crippen LogP contribution in [0.25, 0.3) is 0 Å². The molecule has 0 aliphatic heterocycles. The third-order valence-corrected chi connectivity index (χ3v) is 9.48. The molecule has 0 amide bonds. The predicted molar refractivity (Wildman–Crippen MR) is 129 cm³/mol. The molecule has 3 aliphatic carbocycles. The Hall–Kier alpha value is -0.520. The van der Waals surface area contributed by atoms with Crippen molar-refractivity contribution < 1.29 is 0 Å². The SMILES string of the molecule is C=C[C@H](CCCC(C)C)[C@H]1CCC2C3C/C=C(\C)CC(C)CCCC3CC[C@@]21C. The molecule has 29 heavy (non-hydrogen) atoms. The molecule has 0 nitrogen and oxygen atoms in total. The summed E-state index contributed by atoms with van der Waals surface area (Å²) in [5.41, 5.74) is 2.23. The zero-order chi connectivity index (χ0) is 21.0. The average molecular weight is 399 g/mol. The van der Waals surface area contributed by atoms with Crippen molar-refractivity contribution in [2.75, 3.05) is 0 Å². The third kappa shape index (κ3) is 5.40. The Kier molecular flexibility index (Phi) is 8.14. The Morgan fingerprint density at radius 1 is 1.14 bits per heavy atom. The van der Waals surface area contributed by atoms with Crippen LogP contribution < -0.4 is 0 Å². The lowest BCUT2D eigenvalue weighted by atomic mass is 9.55. The van der Waals surface area contributed by atoms with Gasteiger partial charge in [0.15, 0.2) is 0 Å². The molecule has 166 valence electrons. The van der Waals surface area contributed by atoms with E-state index >= 15 is 0 Å². The Morgan fingerprint density at radius 2 is 1.93 bits per heavy atom. The van der Waals surface area contributed by atoms with Gasteiger partial charge in [-0.15, -0.1) is 6.58 Å². The van der Waals surface area contributed by atoms with Crippen molar-refractivity contribution in [3.8, 4) is 0 Å². The van der Waals surface area contributed by atoms with Crippen LogP contribution >= 0.6 is 0 Å². The predicted octanol–water partition coefficient (Wildman–Crippen LogP) is 9.22. The highest BCUT2D eigenvalue weighted by Gasteiger charge is 2.54. The van der Waals surface area contributed by atoms with Gasteiger partial charge in [0.25, 0.3) is 0 Å². The topological polar surface area (TPSA) is 0 Å². The van der Waals surface area contributed by atoms with Gasteiger partial charge in [-0.25, -0.2) is 0 Å². The first kappa shape index (κ1) is 23.1. The molecule has 3 aliphatic rings. The summed E-state index contributed by atoms with van der Waals surface area (Å²) < 4.78 is 0. The summed E-state index contributed by atoms with van der Waals surface area (Å²) in [6, 6.07) is 0. The third-order valence-electron chi connectivity index (χ3n) is 9.48. The van der Waals surface area contributed by atoms with Gasteiger partial charge in [0, 0.05) is 0 Å². The second-order valence-electron chi connectivity index (χ2n) is 12.0. The Labute approximate surface area is 183 Å². The quantitative estimate of drug-likeness (QED) is 0.391. The molecular weight excluding hydrogens is 348 g/mol. The van der Waals surface area contributed by atoms with Crippen LogP contribution in [0.4, 0.5) is 0 Å². The van der Waals surface area contributed by atoms with Crippen LogP contribution in [-0.2, 0) is 0 Å². The first-order chi connectivity index (χ1) is 13.8. The molecule has 7 atom stereocenters. The number of allylic oxidation sites excluding steroid dienone is 3. The van der Waals surface area contributed by atoms with Crippen molar-refractivity contribution >= 4 is 0 Å². The molecule has 0 bridgehead atoms. The fourth-order valence-electron chi connectivity index (χ4n) is 7.87. The van der Waals surface area contributed by atoms with Crippen LogP contribution in [-0.4, -0.2) is 0 Å². The number of hydrogen-bond donors (Lipinski definition) is 0. The first-order valence-electron chi connectivity index (χ1n) is 13.1. The minimum atomic E-state index is 0.566. The fourth-order valence-corrected chi connectivity index (χ4v) is 7.87. The lowest BCUT2D eigenvalue weighted by Gasteiger charge is -2.50. The van der Waals surface area contributed by atoms with E-state index in [1.54, 1.807) is 5.57 Å². The Morgan fingerprint density at radius 3 is 2.66 bits per heavy atom. The largest absolute Gasteiger partial charge is 0.103 e. The maximum atomic E-state index is 4.31. The van der Waals surface area contributed by atoms with E-state index in [9.17, 15) is 0 Å². The van der Waals surface area contributed by atoms with Gasteiger partial charge < -0.3 is 0 Å². The molecule has 3 rings (SSSR count). The lowest BCUT2D eigenvalue weighted by Crippen LogP contribution is -2.43. The molecule has 2 saturated carbocycles. The summed E-state index contributed by atoms with van der Waals surface area (Å²) in [6.07, 6.45) is 22.2. The van der Waals surface area contributed by atoms with Crippen molar-refractivity contribution in [3.05, 3.63) is 24.3 Å². The second-order valence-corrected chi connectivity index (χ2v) is 12.0. The summed E-state index contributed by atoms with van der Waals surface area (Å²) in [4.78, 5) is 0. The van der Waals surface area contributed by atoms with Gasteiger partial charge in [0.2, 0.25) is 0 Å². The normalized spacial score (nSPS) is 41.2. The average Bonchev–Trinajstić information content (AvgIpc) is 3.01. The number of rotatable bonds is 6. The smallest absolute Gasteiger partial charge is 0.0203 e. The van der Waals surface area contributed by atoms with Crippen LogP contribution in [0.3, 0.4) is 0 Å². The Bertz CT molecular complexity index is 554. The van der Waals surface area contributed by atoms with Gasteiger partial charge in [-0.1, -0.05) is 77.5 Å². The fraction of sp³-hybridized carbons (Fsp3) is 0.862. The van der Waals surface area contributed by atoms with Crippen molar-refractivity contribution in [2.24, 2.45) is 46.8 Å². The van der Waals surface area contributed by atoms with Gasteiger partial charge in [-0.2, -0.15) is 0 Å². The van der Waals surface area contributed by atoms with E-state index in [0.717, 1.165) is 41.4 Å². The highest BCUT2D eigenvalue weighted by atomic mass is 14.6. The summed E-state index contributed by atoms with van der Waals surface area (Å²) in [6.45, 7) is 16.6. The van der Waals surface area contributed by atoms with E-state index in [0.29, 0.717) is 5.41 Å². The minimum absolute atomic E-state index is 0.566. The molecule has 0 saturated heterocycles. The lowest BCUT2D eigenvalue weighted by molar-refractivity contribution is -0.00318. The summed E-state index contributed by atoms with van der Waals surface area (Å²) in [5, 5.41) is 0. The summed E-state index contributed by atoms with van der Waals surface area (Å²) >= 11 is 0. The molecule has 0 aromatic rings. The molecule has 0 heterocycles. The zero-order valence-corrected chi connectivity index (χ0v) is 20.4. The Balaban J connectivity index is 1.74. The van der Waals surface area contributed by atoms with Crippen LogP contribution in [0.2, 0.25) is 0 Å². The van der Waals surface area contributed by atoms with E-state index < -0.39 is 0 Å². The molecule has 0 aromatic carbocycles. The molecule has 0 aromatic heterocycles. The highest BCUT2D eigenvalue weighted by Crippen LogP contribution is 2.62. The van der Waals surface area contributed by atoms with E-state index in [4.69, 9.17) is 0 Å². The molecule has 0 heteroatoms. The summed E-state index contributed by atoms with van der Waals surface area (Å²) in [7, 11) is 0. The second kappa shape index (κ2) is 10.2. The highest BCUT2D eigenvalue weighted by molar-refractivity contribution is 5.09. The maximum Gasteiger partial charge on any atom is -0.0203 e. The zero-order valence-electron chi connectivity index (χ0n) is 20.4.